The molecule has 3 rings (SSSR count). The molecule has 2 heterocycles. The van der Waals surface area contributed by atoms with Crippen LogP contribution in [0.4, 0.5) is 0 Å². The Morgan fingerprint density at radius 3 is 2.95 bits per heavy atom. The highest BCUT2D eigenvalue weighted by Gasteiger charge is 2.37. The fourth-order valence-electron chi connectivity index (χ4n) is 3.30. The van der Waals surface area contributed by atoms with Crippen molar-refractivity contribution in [3.05, 3.63) is 22.4 Å². The average Bonchev–Trinajstić information content (AvgIpc) is 3.08. The van der Waals surface area contributed by atoms with Crippen molar-refractivity contribution in [2.75, 3.05) is 13.1 Å². The number of hydrogen-bond acceptors (Lipinski definition) is 4. The number of thiophene rings is 1. The molecule has 1 amide bonds. The molecule has 4 atom stereocenters. The van der Waals surface area contributed by atoms with Gasteiger partial charge < -0.3 is 15.4 Å². The molecule has 0 unspecified atom stereocenters. The lowest BCUT2D eigenvalue weighted by molar-refractivity contribution is -0.149. The Morgan fingerprint density at radius 1 is 1.45 bits per heavy atom. The molecule has 2 fully saturated rings. The molecule has 0 spiro atoms. The third-order valence-corrected chi connectivity index (χ3v) is 5.07. The van der Waals surface area contributed by atoms with Crippen LogP contribution >= 0.6 is 11.3 Å². The van der Waals surface area contributed by atoms with Crippen molar-refractivity contribution in [1.82, 2.24) is 4.90 Å². The predicted octanol–water partition coefficient (Wildman–Crippen LogP) is 2.16. The second kappa shape index (κ2) is 5.84. The fourth-order valence-corrected chi connectivity index (χ4v) is 4.01. The minimum absolute atomic E-state index is 0.00609. The van der Waals surface area contributed by atoms with E-state index in [2.05, 4.69) is 16.8 Å². The molecule has 110 valence electrons. The second-order valence-corrected chi connectivity index (χ2v) is 6.72. The predicted molar refractivity (Wildman–Crippen MR) is 79.5 cm³/mol. The van der Waals surface area contributed by atoms with Crippen LogP contribution in [0.3, 0.4) is 0 Å². The summed E-state index contributed by atoms with van der Waals surface area (Å²) in [4.78, 5) is 14.6. The van der Waals surface area contributed by atoms with Crippen LogP contribution in [-0.2, 0) is 9.53 Å². The van der Waals surface area contributed by atoms with Crippen molar-refractivity contribution in [1.29, 1.82) is 0 Å². The zero-order valence-corrected chi connectivity index (χ0v) is 12.6. The second-order valence-electron chi connectivity index (χ2n) is 5.94. The first-order chi connectivity index (χ1) is 9.65. The van der Waals surface area contributed by atoms with E-state index in [0.717, 1.165) is 19.3 Å². The van der Waals surface area contributed by atoms with E-state index < -0.39 is 0 Å². The number of amides is 1. The van der Waals surface area contributed by atoms with Gasteiger partial charge in [0.15, 0.2) is 0 Å². The lowest BCUT2D eigenvalue weighted by Crippen LogP contribution is -2.50. The normalized spacial score (nSPS) is 34.4. The van der Waals surface area contributed by atoms with Crippen LogP contribution in [0.15, 0.2) is 16.8 Å². The van der Waals surface area contributed by atoms with Crippen LogP contribution in [-0.4, -0.2) is 36.0 Å². The quantitative estimate of drug-likeness (QED) is 0.909. The van der Waals surface area contributed by atoms with Gasteiger partial charge in [0.1, 0.15) is 6.10 Å². The summed E-state index contributed by atoms with van der Waals surface area (Å²) in [6.45, 7) is 3.37. The molecule has 1 aromatic heterocycles. The maximum Gasteiger partial charge on any atom is 0.227 e. The van der Waals surface area contributed by atoms with E-state index in [1.54, 1.807) is 11.3 Å². The van der Waals surface area contributed by atoms with Crippen molar-refractivity contribution in [3.8, 4) is 0 Å². The molecule has 5 heteroatoms. The van der Waals surface area contributed by atoms with Crippen molar-refractivity contribution in [2.24, 2.45) is 11.7 Å². The molecule has 0 aromatic carbocycles. The number of ether oxygens (including phenoxy) is 1. The molecular weight excluding hydrogens is 272 g/mol. The smallest absolute Gasteiger partial charge is 0.227 e. The maximum atomic E-state index is 12.7. The summed E-state index contributed by atoms with van der Waals surface area (Å²) in [5.41, 5.74) is 7.25. The van der Waals surface area contributed by atoms with E-state index in [9.17, 15) is 4.79 Å². The summed E-state index contributed by atoms with van der Waals surface area (Å²) < 4.78 is 5.98. The van der Waals surface area contributed by atoms with E-state index in [4.69, 9.17) is 10.5 Å². The zero-order valence-electron chi connectivity index (χ0n) is 11.8. The number of hydrogen-bond donors (Lipinski definition) is 1. The van der Waals surface area contributed by atoms with Gasteiger partial charge in [0.05, 0.1) is 18.6 Å². The number of morpholine rings is 1. The van der Waals surface area contributed by atoms with Gasteiger partial charge in [-0.25, -0.2) is 0 Å². The summed E-state index contributed by atoms with van der Waals surface area (Å²) in [5, 5.41) is 4.16. The minimum atomic E-state index is 0.00609. The first-order valence-electron chi connectivity index (χ1n) is 7.37. The van der Waals surface area contributed by atoms with Crippen molar-refractivity contribution in [2.45, 2.75) is 44.4 Å². The van der Waals surface area contributed by atoms with Gasteiger partial charge in [0, 0.05) is 12.6 Å². The van der Waals surface area contributed by atoms with Gasteiger partial charge in [0.25, 0.3) is 0 Å². The largest absolute Gasteiger partial charge is 0.367 e. The van der Waals surface area contributed by atoms with E-state index >= 15 is 0 Å². The van der Waals surface area contributed by atoms with Crippen LogP contribution < -0.4 is 5.73 Å². The summed E-state index contributed by atoms with van der Waals surface area (Å²) in [6.07, 6.45) is 3.08. The maximum absolute atomic E-state index is 12.7. The van der Waals surface area contributed by atoms with E-state index in [0.29, 0.717) is 13.1 Å². The van der Waals surface area contributed by atoms with Crippen LogP contribution in [0.5, 0.6) is 0 Å². The van der Waals surface area contributed by atoms with Crippen molar-refractivity contribution >= 4 is 17.2 Å². The van der Waals surface area contributed by atoms with E-state index in [1.165, 1.54) is 5.56 Å². The minimum Gasteiger partial charge on any atom is -0.367 e. The Hall–Kier alpha value is -0.910. The number of rotatable bonds is 2. The third-order valence-electron chi connectivity index (χ3n) is 4.37. The number of nitrogens with two attached hydrogens (primary N) is 1. The van der Waals surface area contributed by atoms with Gasteiger partial charge in [0.2, 0.25) is 5.91 Å². The molecule has 1 aromatic rings. The Morgan fingerprint density at radius 2 is 2.30 bits per heavy atom. The summed E-state index contributed by atoms with van der Waals surface area (Å²) >= 11 is 1.67. The molecule has 4 nitrogen and oxygen atoms in total. The van der Waals surface area contributed by atoms with Crippen molar-refractivity contribution in [3.63, 3.8) is 0 Å². The molecule has 2 aliphatic rings. The van der Waals surface area contributed by atoms with Crippen LogP contribution in [0, 0.1) is 5.92 Å². The Bertz CT molecular complexity index is 462. The molecule has 2 N–H and O–H groups in total. The van der Waals surface area contributed by atoms with Crippen LogP contribution in [0.25, 0.3) is 0 Å². The Labute approximate surface area is 123 Å². The van der Waals surface area contributed by atoms with Gasteiger partial charge in [-0.2, -0.15) is 11.3 Å². The summed E-state index contributed by atoms with van der Waals surface area (Å²) in [7, 11) is 0. The number of carbonyl (C=O) groups is 1. The number of nitrogens with zero attached hydrogens (tertiary/aromatic N) is 1. The van der Waals surface area contributed by atoms with Gasteiger partial charge in [-0.15, -0.1) is 0 Å². The zero-order chi connectivity index (χ0) is 14.1. The van der Waals surface area contributed by atoms with Gasteiger partial charge in [-0.1, -0.05) is 6.42 Å². The number of carbonyl (C=O) groups excluding carboxylic acids is 1. The topological polar surface area (TPSA) is 55.6 Å². The first kappa shape index (κ1) is 14.0. The average molecular weight is 294 g/mol. The van der Waals surface area contributed by atoms with E-state index in [-0.39, 0.29) is 30.1 Å². The Kier molecular flexibility index (Phi) is 4.10. The highest BCUT2D eigenvalue weighted by Crippen LogP contribution is 2.31. The summed E-state index contributed by atoms with van der Waals surface area (Å²) in [5.74, 6) is 0.244. The van der Waals surface area contributed by atoms with Gasteiger partial charge in [-0.05, 0) is 42.2 Å². The standard InChI is InChI=1S/C15H22N2O2S/c1-10-7-17(15(18)12-3-2-4-13(12)16)8-14(19-10)11-5-6-20-9-11/h5-6,9-10,12-14H,2-4,7-8,16H2,1H3/t10-,12-,13+,14-/m1/s1. The molecule has 0 radical (unpaired) electrons. The van der Waals surface area contributed by atoms with Gasteiger partial charge in [-0.3, -0.25) is 4.79 Å². The van der Waals surface area contributed by atoms with Crippen LogP contribution in [0.1, 0.15) is 37.9 Å². The molecule has 1 saturated heterocycles. The molecule has 1 saturated carbocycles. The SMILES string of the molecule is C[C@@H]1CN(C(=O)[C@@H]2CCC[C@@H]2N)C[C@H](c2ccsc2)O1. The highest BCUT2D eigenvalue weighted by atomic mass is 32.1. The summed E-state index contributed by atoms with van der Waals surface area (Å²) in [6, 6.07) is 2.12. The highest BCUT2D eigenvalue weighted by molar-refractivity contribution is 7.07. The van der Waals surface area contributed by atoms with Crippen molar-refractivity contribution < 1.29 is 9.53 Å². The fraction of sp³-hybridized carbons (Fsp3) is 0.667. The molecule has 1 aliphatic heterocycles. The first-order valence-corrected chi connectivity index (χ1v) is 8.31. The molecular formula is C15H22N2O2S. The Balaban J connectivity index is 1.71. The molecule has 20 heavy (non-hydrogen) atoms. The molecule has 0 bridgehead atoms. The molecule has 1 aliphatic carbocycles. The van der Waals surface area contributed by atoms with E-state index in [1.807, 2.05) is 11.8 Å². The van der Waals surface area contributed by atoms with Crippen LogP contribution in [0.2, 0.25) is 0 Å². The monoisotopic (exact) mass is 294 g/mol. The lowest BCUT2D eigenvalue weighted by atomic mass is 10.0. The van der Waals surface area contributed by atoms with Gasteiger partial charge >= 0.3 is 0 Å². The lowest BCUT2D eigenvalue weighted by Gasteiger charge is -2.38. The third kappa shape index (κ3) is 2.75.